The van der Waals surface area contributed by atoms with Crippen molar-refractivity contribution in [2.24, 2.45) is 0 Å². The van der Waals surface area contributed by atoms with Crippen molar-refractivity contribution in [3.8, 4) is 12.3 Å². The Hall–Kier alpha value is -2.11. The third-order valence-corrected chi connectivity index (χ3v) is 4.88. The number of carboxylic acids is 1. The van der Waals surface area contributed by atoms with Gasteiger partial charge in [-0.15, -0.1) is 12.3 Å². The van der Waals surface area contributed by atoms with Crippen molar-refractivity contribution >= 4 is 17.7 Å². The molecule has 0 heterocycles. The van der Waals surface area contributed by atoms with E-state index in [1.165, 1.54) is 0 Å². The van der Waals surface area contributed by atoms with Gasteiger partial charge in [0.2, 0.25) is 5.91 Å². The Morgan fingerprint density at radius 3 is 1.54 bits per heavy atom. The van der Waals surface area contributed by atoms with E-state index < -0.39 is 5.97 Å². The summed E-state index contributed by atoms with van der Waals surface area (Å²) in [6.07, 6.45) is 8.33. The van der Waals surface area contributed by atoms with Crippen molar-refractivity contribution in [3.05, 3.63) is 0 Å². The van der Waals surface area contributed by atoms with Crippen LogP contribution in [0.4, 0.5) is 0 Å². The van der Waals surface area contributed by atoms with Crippen LogP contribution in [-0.4, -0.2) is 122 Å². The second kappa shape index (κ2) is 30.4. The van der Waals surface area contributed by atoms with Gasteiger partial charge in [-0.05, 0) is 12.8 Å². The van der Waals surface area contributed by atoms with Crippen LogP contribution >= 0.6 is 0 Å². The Balaban J connectivity index is 3.21. The van der Waals surface area contributed by atoms with Crippen LogP contribution in [0.25, 0.3) is 0 Å². The number of aliphatic carboxylic acids is 1. The van der Waals surface area contributed by atoms with Crippen molar-refractivity contribution in [2.75, 3.05) is 99.0 Å². The number of carbonyl (C=O) groups excluding carboxylic acids is 2. The minimum atomic E-state index is -0.883. The van der Waals surface area contributed by atoms with E-state index in [2.05, 4.69) is 11.2 Å². The predicted octanol–water partition coefficient (Wildman–Crippen LogP) is 1.24. The normalized spacial score (nSPS) is 10.8. The van der Waals surface area contributed by atoms with Gasteiger partial charge in [-0.3, -0.25) is 14.4 Å². The van der Waals surface area contributed by atoms with Crippen molar-refractivity contribution < 1.29 is 52.6 Å². The molecular formula is C27H47NO11. The number of hydrogen-bond donors (Lipinski definition) is 2. The average Bonchev–Trinajstić information content (AvgIpc) is 2.91. The van der Waals surface area contributed by atoms with Gasteiger partial charge in [0, 0.05) is 38.8 Å². The Morgan fingerprint density at radius 1 is 0.564 bits per heavy atom. The Kier molecular flexibility index (Phi) is 28.8. The second-order valence-electron chi connectivity index (χ2n) is 8.23. The fraction of sp³-hybridized carbons (Fsp3) is 0.815. The number of ether oxygens (including phenoxy) is 7. The molecule has 0 spiro atoms. The first kappa shape index (κ1) is 36.9. The van der Waals surface area contributed by atoms with E-state index in [1.54, 1.807) is 0 Å². The lowest BCUT2D eigenvalue weighted by atomic mass is 10.2. The van der Waals surface area contributed by atoms with Gasteiger partial charge >= 0.3 is 5.97 Å². The molecule has 226 valence electrons. The van der Waals surface area contributed by atoms with Gasteiger partial charge in [0.1, 0.15) is 5.78 Å². The van der Waals surface area contributed by atoms with Gasteiger partial charge < -0.3 is 43.6 Å². The molecule has 39 heavy (non-hydrogen) atoms. The molecule has 0 saturated heterocycles. The smallest absolute Gasteiger partial charge is 0.305 e. The average molecular weight is 562 g/mol. The van der Waals surface area contributed by atoms with Crippen LogP contribution in [0.1, 0.15) is 44.9 Å². The van der Waals surface area contributed by atoms with Crippen molar-refractivity contribution in [1.82, 2.24) is 5.32 Å². The van der Waals surface area contributed by atoms with Crippen LogP contribution in [0.5, 0.6) is 0 Å². The van der Waals surface area contributed by atoms with Crippen LogP contribution in [0.2, 0.25) is 0 Å². The number of carboxylic acid groups (broad SMARTS) is 1. The molecule has 0 bridgehead atoms. The van der Waals surface area contributed by atoms with Gasteiger partial charge in [0.25, 0.3) is 0 Å². The first-order valence-corrected chi connectivity index (χ1v) is 13.5. The zero-order valence-electron chi connectivity index (χ0n) is 23.2. The van der Waals surface area contributed by atoms with Crippen LogP contribution < -0.4 is 5.32 Å². The predicted molar refractivity (Wildman–Crippen MR) is 143 cm³/mol. The number of terminal acetylenes is 1. The lowest BCUT2D eigenvalue weighted by Crippen LogP contribution is -2.27. The number of carbonyl (C=O) groups is 3. The molecule has 0 radical (unpaired) electrons. The summed E-state index contributed by atoms with van der Waals surface area (Å²) in [6, 6.07) is 0. The third-order valence-electron chi connectivity index (χ3n) is 4.88. The zero-order chi connectivity index (χ0) is 28.7. The third kappa shape index (κ3) is 32.0. The summed E-state index contributed by atoms with van der Waals surface area (Å²) in [6.45, 7) is 6.13. The lowest BCUT2D eigenvalue weighted by Gasteiger charge is -2.08. The van der Waals surface area contributed by atoms with Gasteiger partial charge in [-0.2, -0.15) is 0 Å². The molecule has 0 aromatic rings. The standard InChI is InChI=1S/C27H47NO11/c1-2-3-4-7-26(30)28-10-14-36-18-22-38-20-16-34-12-8-25(29)6-5-11-33-15-19-37-23-24-39-21-17-35-13-9-27(31)32/h1H,3-24H2,(H,28,30)(H,31,32). The maximum absolute atomic E-state index is 11.9. The topological polar surface area (TPSA) is 148 Å². The molecule has 12 heteroatoms. The largest absolute Gasteiger partial charge is 0.481 e. The Labute approximate surface area is 232 Å². The van der Waals surface area contributed by atoms with Crippen LogP contribution in [0.3, 0.4) is 0 Å². The number of Topliss-reactive ketones (excluding diaryl/α,β-unsaturated/α-hetero) is 1. The number of amides is 1. The molecule has 0 rings (SSSR count). The fourth-order valence-electron chi connectivity index (χ4n) is 2.85. The molecule has 0 aliphatic carbocycles. The monoisotopic (exact) mass is 561 g/mol. The van der Waals surface area contributed by atoms with Gasteiger partial charge in [0.15, 0.2) is 0 Å². The molecule has 0 aliphatic heterocycles. The Morgan fingerprint density at radius 2 is 1.03 bits per heavy atom. The first-order chi connectivity index (χ1) is 19.1. The highest BCUT2D eigenvalue weighted by Gasteiger charge is 2.03. The van der Waals surface area contributed by atoms with E-state index in [4.69, 9.17) is 44.7 Å². The molecular weight excluding hydrogens is 514 g/mol. The highest BCUT2D eigenvalue weighted by molar-refractivity contribution is 5.78. The van der Waals surface area contributed by atoms with Gasteiger partial charge in [0.05, 0.1) is 92.3 Å². The van der Waals surface area contributed by atoms with E-state index in [1.807, 2.05) is 0 Å². The Bertz CT molecular complexity index is 640. The minimum Gasteiger partial charge on any atom is -0.481 e. The van der Waals surface area contributed by atoms with Crippen LogP contribution in [0, 0.1) is 12.3 Å². The maximum Gasteiger partial charge on any atom is 0.305 e. The molecule has 0 atom stereocenters. The minimum absolute atomic E-state index is 0.0124. The van der Waals surface area contributed by atoms with E-state index in [0.29, 0.717) is 131 Å². The van der Waals surface area contributed by atoms with Crippen molar-refractivity contribution in [2.45, 2.75) is 44.9 Å². The highest BCUT2D eigenvalue weighted by atomic mass is 16.6. The van der Waals surface area contributed by atoms with E-state index in [0.717, 1.165) is 0 Å². The molecule has 2 N–H and O–H groups in total. The molecule has 0 aromatic carbocycles. The van der Waals surface area contributed by atoms with Gasteiger partial charge in [-0.25, -0.2) is 0 Å². The zero-order valence-corrected chi connectivity index (χ0v) is 23.2. The van der Waals surface area contributed by atoms with Crippen LogP contribution in [-0.2, 0) is 47.5 Å². The number of rotatable bonds is 31. The second-order valence-corrected chi connectivity index (χ2v) is 8.23. The molecule has 0 fully saturated rings. The SMILES string of the molecule is C#CCCCC(=O)NCCOCCOCCOCCC(=O)CCCOCCOCCOCCOCCC(=O)O. The van der Waals surface area contributed by atoms with E-state index in [-0.39, 0.29) is 24.7 Å². The molecule has 12 nitrogen and oxygen atoms in total. The molecule has 0 aromatic heterocycles. The number of hydrogen-bond acceptors (Lipinski definition) is 10. The first-order valence-electron chi connectivity index (χ1n) is 13.5. The summed E-state index contributed by atoms with van der Waals surface area (Å²) in [5, 5.41) is 11.2. The van der Waals surface area contributed by atoms with Crippen LogP contribution in [0.15, 0.2) is 0 Å². The number of ketones is 1. The maximum atomic E-state index is 11.9. The summed E-state index contributed by atoms with van der Waals surface area (Å²) >= 11 is 0. The molecule has 1 amide bonds. The molecule has 0 unspecified atom stereocenters. The molecule has 0 aliphatic rings. The summed E-state index contributed by atoms with van der Waals surface area (Å²) in [5.41, 5.74) is 0. The summed E-state index contributed by atoms with van der Waals surface area (Å²) in [7, 11) is 0. The molecule has 0 saturated carbocycles. The van der Waals surface area contributed by atoms with Crippen molar-refractivity contribution in [3.63, 3.8) is 0 Å². The van der Waals surface area contributed by atoms with E-state index in [9.17, 15) is 14.4 Å². The fourth-order valence-corrected chi connectivity index (χ4v) is 2.85. The number of nitrogens with one attached hydrogen (secondary N) is 1. The highest BCUT2D eigenvalue weighted by Crippen LogP contribution is 1.97. The quantitative estimate of drug-likeness (QED) is 0.0930. The lowest BCUT2D eigenvalue weighted by molar-refractivity contribution is -0.138. The number of unbranched alkanes of at least 4 members (excludes halogenated alkanes) is 1. The summed E-state index contributed by atoms with van der Waals surface area (Å²) < 4.78 is 37.4. The summed E-state index contributed by atoms with van der Waals surface area (Å²) in [4.78, 5) is 33.7. The summed E-state index contributed by atoms with van der Waals surface area (Å²) in [5.74, 6) is 1.73. The van der Waals surface area contributed by atoms with E-state index >= 15 is 0 Å². The van der Waals surface area contributed by atoms with Crippen molar-refractivity contribution in [1.29, 1.82) is 0 Å². The van der Waals surface area contributed by atoms with Gasteiger partial charge in [-0.1, -0.05) is 0 Å².